The van der Waals surface area contributed by atoms with E-state index in [4.69, 9.17) is 9.47 Å². The van der Waals surface area contributed by atoms with Gasteiger partial charge in [0, 0.05) is 11.8 Å². The minimum atomic E-state index is -0.0269. The van der Waals surface area contributed by atoms with Crippen molar-refractivity contribution in [1.82, 2.24) is 5.32 Å². The molecule has 3 rings (SSSR count). The van der Waals surface area contributed by atoms with Crippen molar-refractivity contribution in [2.45, 2.75) is 19.3 Å². The third-order valence-corrected chi connectivity index (χ3v) is 3.77. The standard InChI is InChI=1S/C15H20N2O3/c18-15(10-16-9-11-2-1-3-11)17-12-4-5-13-14(8-12)20-7-6-19-13/h4-5,8,11,16H,1-3,6-7,9-10H2,(H,17,18). The summed E-state index contributed by atoms with van der Waals surface area (Å²) in [7, 11) is 0. The summed E-state index contributed by atoms with van der Waals surface area (Å²) in [4.78, 5) is 11.8. The molecule has 0 radical (unpaired) electrons. The van der Waals surface area contributed by atoms with E-state index in [-0.39, 0.29) is 5.91 Å². The minimum Gasteiger partial charge on any atom is -0.486 e. The average molecular weight is 276 g/mol. The van der Waals surface area contributed by atoms with Crippen molar-refractivity contribution in [2.24, 2.45) is 5.92 Å². The van der Waals surface area contributed by atoms with Gasteiger partial charge in [0.25, 0.3) is 0 Å². The molecule has 20 heavy (non-hydrogen) atoms. The zero-order valence-electron chi connectivity index (χ0n) is 11.5. The second-order valence-corrected chi connectivity index (χ2v) is 5.33. The van der Waals surface area contributed by atoms with Crippen LogP contribution in [0, 0.1) is 5.92 Å². The lowest BCUT2D eigenvalue weighted by molar-refractivity contribution is -0.115. The van der Waals surface area contributed by atoms with Gasteiger partial charge in [-0.25, -0.2) is 0 Å². The minimum absolute atomic E-state index is 0.0269. The average Bonchev–Trinajstić information content (AvgIpc) is 2.41. The van der Waals surface area contributed by atoms with Crippen LogP contribution in [0.2, 0.25) is 0 Å². The molecule has 5 heteroatoms. The van der Waals surface area contributed by atoms with E-state index in [1.54, 1.807) is 6.07 Å². The zero-order chi connectivity index (χ0) is 13.8. The van der Waals surface area contributed by atoms with Crippen molar-refractivity contribution in [3.05, 3.63) is 18.2 Å². The maximum atomic E-state index is 11.8. The number of ether oxygens (including phenoxy) is 2. The lowest BCUT2D eigenvalue weighted by atomic mass is 9.85. The first-order valence-corrected chi connectivity index (χ1v) is 7.21. The summed E-state index contributed by atoms with van der Waals surface area (Å²) in [6.45, 7) is 2.41. The summed E-state index contributed by atoms with van der Waals surface area (Å²) in [6, 6.07) is 5.46. The van der Waals surface area contributed by atoms with Gasteiger partial charge in [0.05, 0.1) is 6.54 Å². The highest BCUT2D eigenvalue weighted by Gasteiger charge is 2.17. The van der Waals surface area contributed by atoms with E-state index in [1.165, 1.54) is 19.3 Å². The fourth-order valence-corrected chi connectivity index (χ4v) is 2.41. The normalized spacial score (nSPS) is 17.4. The van der Waals surface area contributed by atoms with Crippen molar-refractivity contribution in [3.63, 3.8) is 0 Å². The Bertz CT molecular complexity index is 486. The maximum absolute atomic E-state index is 11.8. The van der Waals surface area contributed by atoms with Gasteiger partial charge in [-0.05, 0) is 37.4 Å². The quantitative estimate of drug-likeness (QED) is 0.860. The second kappa shape index (κ2) is 6.13. The number of hydrogen-bond acceptors (Lipinski definition) is 4. The molecule has 2 N–H and O–H groups in total. The van der Waals surface area contributed by atoms with E-state index < -0.39 is 0 Å². The molecule has 0 spiro atoms. The van der Waals surface area contributed by atoms with E-state index in [1.807, 2.05) is 12.1 Å². The number of carbonyl (C=O) groups is 1. The molecule has 1 aromatic rings. The Morgan fingerprint density at radius 2 is 2.00 bits per heavy atom. The summed E-state index contributed by atoms with van der Waals surface area (Å²) < 4.78 is 10.9. The van der Waals surface area contributed by atoms with Crippen LogP contribution in [0.25, 0.3) is 0 Å². The summed E-state index contributed by atoms with van der Waals surface area (Å²) in [5, 5.41) is 6.07. The molecule has 0 saturated heterocycles. The van der Waals surface area contributed by atoms with Gasteiger partial charge in [-0.2, -0.15) is 0 Å². The Hall–Kier alpha value is -1.75. The zero-order valence-corrected chi connectivity index (χ0v) is 11.5. The summed E-state index contributed by atoms with van der Waals surface area (Å²) in [5.41, 5.74) is 0.740. The molecule has 1 heterocycles. The van der Waals surface area contributed by atoms with E-state index >= 15 is 0 Å². The van der Waals surface area contributed by atoms with E-state index in [9.17, 15) is 4.79 Å². The van der Waals surface area contributed by atoms with Gasteiger partial charge >= 0.3 is 0 Å². The first-order valence-electron chi connectivity index (χ1n) is 7.21. The molecule has 1 amide bonds. The first kappa shape index (κ1) is 13.2. The third-order valence-electron chi connectivity index (χ3n) is 3.77. The molecular formula is C15H20N2O3. The highest BCUT2D eigenvalue weighted by molar-refractivity contribution is 5.92. The van der Waals surface area contributed by atoms with Crippen LogP contribution in [0.15, 0.2) is 18.2 Å². The first-order chi connectivity index (χ1) is 9.81. The van der Waals surface area contributed by atoms with Gasteiger partial charge in [-0.1, -0.05) is 6.42 Å². The van der Waals surface area contributed by atoms with Gasteiger partial charge in [0.2, 0.25) is 5.91 Å². The number of nitrogens with one attached hydrogen (secondary N) is 2. The van der Waals surface area contributed by atoms with Crippen molar-refractivity contribution in [3.8, 4) is 11.5 Å². The van der Waals surface area contributed by atoms with Gasteiger partial charge in [0.15, 0.2) is 11.5 Å². The van der Waals surface area contributed by atoms with E-state index in [0.29, 0.717) is 25.5 Å². The highest BCUT2D eigenvalue weighted by atomic mass is 16.6. The molecule has 0 unspecified atom stereocenters. The molecule has 2 aliphatic rings. The Morgan fingerprint density at radius 3 is 2.75 bits per heavy atom. The summed E-state index contributed by atoms with van der Waals surface area (Å²) >= 11 is 0. The number of carbonyl (C=O) groups excluding carboxylic acids is 1. The van der Waals surface area contributed by atoms with Crippen LogP contribution in [-0.4, -0.2) is 32.2 Å². The van der Waals surface area contributed by atoms with Gasteiger partial charge in [-0.3, -0.25) is 4.79 Å². The summed E-state index contributed by atoms with van der Waals surface area (Å²) in [5.74, 6) is 2.16. The van der Waals surface area contributed by atoms with Gasteiger partial charge in [-0.15, -0.1) is 0 Å². The van der Waals surface area contributed by atoms with E-state index in [0.717, 1.165) is 23.9 Å². The maximum Gasteiger partial charge on any atom is 0.238 e. The molecule has 1 fully saturated rings. The van der Waals surface area contributed by atoms with Crippen molar-refractivity contribution >= 4 is 11.6 Å². The highest BCUT2D eigenvalue weighted by Crippen LogP contribution is 2.32. The monoisotopic (exact) mass is 276 g/mol. The van der Waals surface area contributed by atoms with Crippen LogP contribution in [0.4, 0.5) is 5.69 Å². The fraction of sp³-hybridized carbons (Fsp3) is 0.533. The van der Waals surface area contributed by atoms with Crippen LogP contribution in [0.5, 0.6) is 11.5 Å². The number of hydrogen-bond donors (Lipinski definition) is 2. The number of benzene rings is 1. The van der Waals surface area contributed by atoms with Crippen molar-refractivity contribution < 1.29 is 14.3 Å². The van der Waals surface area contributed by atoms with Crippen LogP contribution >= 0.6 is 0 Å². The molecule has 5 nitrogen and oxygen atoms in total. The number of rotatable bonds is 5. The Kier molecular flexibility index (Phi) is 4.06. The summed E-state index contributed by atoms with van der Waals surface area (Å²) in [6.07, 6.45) is 3.91. The molecular weight excluding hydrogens is 256 g/mol. The van der Waals surface area contributed by atoms with E-state index in [2.05, 4.69) is 10.6 Å². The lowest BCUT2D eigenvalue weighted by Gasteiger charge is -2.25. The lowest BCUT2D eigenvalue weighted by Crippen LogP contribution is -2.33. The van der Waals surface area contributed by atoms with Crippen LogP contribution in [0.3, 0.4) is 0 Å². The van der Waals surface area contributed by atoms with Crippen LogP contribution in [-0.2, 0) is 4.79 Å². The molecule has 0 aromatic heterocycles. The topological polar surface area (TPSA) is 59.6 Å². The molecule has 0 atom stereocenters. The Morgan fingerprint density at radius 1 is 1.20 bits per heavy atom. The molecule has 1 aliphatic carbocycles. The smallest absolute Gasteiger partial charge is 0.238 e. The van der Waals surface area contributed by atoms with Crippen LogP contribution in [0.1, 0.15) is 19.3 Å². The molecule has 1 aromatic carbocycles. The Labute approximate surface area is 118 Å². The van der Waals surface area contributed by atoms with Gasteiger partial charge in [0.1, 0.15) is 13.2 Å². The predicted molar refractivity (Wildman–Crippen MR) is 76.3 cm³/mol. The SMILES string of the molecule is O=C(CNCC1CCC1)Nc1ccc2c(c1)OCCO2. The number of amides is 1. The largest absolute Gasteiger partial charge is 0.486 e. The molecule has 0 bridgehead atoms. The molecule has 108 valence electrons. The Balaban J connectivity index is 1.47. The van der Waals surface area contributed by atoms with Crippen molar-refractivity contribution in [1.29, 1.82) is 0 Å². The van der Waals surface area contributed by atoms with Gasteiger partial charge < -0.3 is 20.1 Å². The van der Waals surface area contributed by atoms with Crippen LogP contribution < -0.4 is 20.1 Å². The molecule has 1 saturated carbocycles. The third kappa shape index (κ3) is 3.22. The number of fused-ring (bicyclic) bond motifs is 1. The predicted octanol–water partition coefficient (Wildman–Crippen LogP) is 1.79. The molecule has 1 aliphatic heterocycles. The number of anilines is 1. The van der Waals surface area contributed by atoms with Crippen molar-refractivity contribution in [2.75, 3.05) is 31.6 Å². The second-order valence-electron chi connectivity index (χ2n) is 5.33. The fourth-order valence-electron chi connectivity index (χ4n) is 2.41.